The highest BCUT2D eigenvalue weighted by atomic mass is 79.9. The maximum absolute atomic E-state index is 14.0. The van der Waals surface area contributed by atoms with E-state index in [9.17, 15) is 50.6 Å². The predicted molar refractivity (Wildman–Crippen MR) is 155 cm³/mol. The van der Waals surface area contributed by atoms with Gasteiger partial charge in [-0.05, 0) is 76.7 Å². The number of ketones is 2. The molecule has 1 saturated heterocycles. The molecule has 3 aliphatic carbocycles. The van der Waals surface area contributed by atoms with E-state index in [0.29, 0.717) is 39.5 Å². The fraction of sp³-hybridized carbons (Fsp3) is 0.273. The smallest absolute Gasteiger partial charge is 0.416 e. The summed E-state index contributed by atoms with van der Waals surface area (Å²) < 4.78 is 87.7. The number of anilines is 1. The van der Waals surface area contributed by atoms with E-state index in [1.807, 2.05) is 0 Å². The third-order valence-electron chi connectivity index (χ3n) is 9.31. The highest BCUT2D eigenvalue weighted by Crippen LogP contribution is 2.55. The lowest BCUT2D eigenvalue weighted by Gasteiger charge is -2.43. The molecule has 242 valence electrons. The number of allylic oxidation sites excluding steroid dienone is 7. The summed E-state index contributed by atoms with van der Waals surface area (Å²) >= 11 is 3.11. The van der Waals surface area contributed by atoms with Crippen LogP contribution in [0.5, 0.6) is 11.5 Å². The van der Waals surface area contributed by atoms with E-state index in [2.05, 4.69) is 15.9 Å². The number of Topliss-reactive ketones (excluding diaryl/α,β-unsaturated/α-hetero) is 1. The molecule has 0 spiro atoms. The second-order valence-electron chi connectivity index (χ2n) is 11.9. The molecule has 7 nitrogen and oxygen atoms in total. The summed E-state index contributed by atoms with van der Waals surface area (Å²) in [5, 5.41) is 10.1. The SMILES string of the molecule is O=C1C=C(Br)C(=O)C2=C1C(C1=COc3ccc(O)cc3C1)C1=CCC3C(=O)N(c4cc(C(F)(F)F)cc(C(F)(F)F)c4)C(=O)C3C1C2. The number of ether oxygens (including phenoxy) is 1. The van der Waals surface area contributed by atoms with Gasteiger partial charge in [-0.3, -0.25) is 19.2 Å². The second kappa shape index (κ2) is 10.5. The number of fused-ring (bicyclic) bond motifs is 4. The van der Waals surface area contributed by atoms with Crippen LogP contribution in [0.25, 0.3) is 0 Å². The zero-order valence-electron chi connectivity index (χ0n) is 23.7. The summed E-state index contributed by atoms with van der Waals surface area (Å²) in [4.78, 5) is 55.0. The van der Waals surface area contributed by atoms with Gasteiger partial charge in [0.2, 0.25) is 11.8 Å². The Balaban J connectivity index is 1.33. The van der Waals surface area contributed by atoms with Gasteiger partial charge < -0.3 is 9.84 Å². The minimum absolute atomic E-state index is 0.0250. The Morgan fingerprint density at radius 3 is 2.23 bits per heavy atom. The van der Waals surface area contributed by atoms with E-state index in [1.54, 1.807) is 12.1 Å². The van der Waals surface area contributed by atoms with Gasteiger partial charge in [0, 0.05) is 35.1 Å². The zero-order chi connectivity index (χ0) is 33.7. The summed E-state index contributed by atoms with van der Waals surface area (Å²) in [6.45, 7) is 0. The molecule has 0 radical (unpaired) electrons. The maximum Gasteiger partial charge on any atom is 0.416 e. The fourth-order valence-electron chi connectivity index (χ4n) is 7.34. The van der Waals surface area contributed by atoms with Crippen molar-refractivity contribution < 1.29 is 55.4 Å². The number of phenolic OH excluding ortho intramolecular Hbond substituents is 1. The van der Waals surface area contributed by atoms with Gasteiger partial charge in [0.25, 0.3) is 0 Å². The number of hydrogen-bond acceptors (Lipinski definition) is 6. The molecule has 5 aliphatic rings. The molecule has 2 aromatic carbocycles. The van der Waals surface area contributed by atoms with E-state index in [4.69, 9.17) is 4.74 Å². The zero-order valence-corrected chi connectivity index (χ0v) is 25.3. The summed E-state index contributed by atoms with van der Waals surface area (Å²) in [6, 6.07) is 5.06. The third-order valence-corrected chi connectivity index (χ3v) is 9.90. The van der Waals surface area contributed by atoms with Crippen LogP contribution in [0.15, 0.2) is 81.6 Å². The minimum atomic E-state index is -5.21. The Morgan fingerprint density at radius 1 is 0.894 bits per heavy atom. The Bertz CT molecular complexity index is 1920. The number of benzene rings is 2. The molecule has 2 amide bonds. The lowest BCUT2D eigenvalue weighted by molar-refractivity contribution is -0.143. The number of nitrogens with zero attached hydrogens (tertiary/aromatic N) is 1. The molecule has 7 rings (SSSR count). The molecule has 1 fully saturated rings. The number of phenols is 1. The van der Waals surface area contributed by atoms with Gasteiger partial charge in [0.05, 0.1) is 39.4 Å². The quantitative estimate of drug-likeness (QED) is 0.160. The van der Waals surface area contributed by atoms with Crippen molar-refractivity contribution in [1.82, 2.24) is 0 Å². The maximum atomic E-state index is 14.0. The van der Waals surface area contributed by atoms with Gasteiger partial charge in [0.1, 0.15) is 11.5 Å². The van der Waals surface area contributed by atoms with Crippen molar-refractivity contribution in [2.24, 2.45) is 23.7 Å². The first-order valence-corrected chi connectivity index (χ1v) is 15.1. The average molecular weight is 720 g/mol. The lowest BCUT2D eigenvalue weighted by Crippen LogP contribution is -2.41. The molecule has 14 heteroatoms. The second-order valence-corrected chi connectivity index (χ2v) is 12.8. The average Bonchev–Trinajstić information content (AvgIpc) is 3.26. The van der Waals surface area contributed by atoms with Crippen molar-refractivity contribution in [3.63, 3.8) is 0 Å². The number of rotatable bonds is 2. The largest absolute Gasteiger partial charge is 0.508 e. The van der Waals surface area contributed by atoms with Crippen LogP contribution in [0, 0.1) is 23.7 Å². The topological polar surface area (TPSA) is 101 Å². The monoisotopic (exact) mass is 719 g/mol. The van der Waals surface area contributed by atoms with Gasteiger partial charge in [-0.1, -0.05) is 11.6 Å². The van der Waals surface area contributed by atoms with Crippen LogP contribution < -0.4 is 9.64 Å². The molecule has 1 N–H and O–H groups in total. The normalized spacial score (nSPS) is 25.8. The first-order valence-electron chi connectivity index (χ1n) is 14.3. The molecule has 4 atom stereocenters. The minimum Gasteiger partial charge on any atom is -0.508 e. The lowest BCUT2D eigenvalue weighted by atomic mass is 9.59. The number of hydrogen-bond donors (Lipinski definition) is 1. The third kappa shape index (κ3) is 4.95. The number of carbonyl (C=O) groups is 4. The molecule has 2 aliphatic heterocycles. The van der Waals surface area contributed by atoms with Crippen molar-refractivity contribution >= 4 is 45.0 Å². The van der Waals surface area contributed by atoms with Crippen LogP contribution in [0.2, 0.25) is 0 Å². The van der Waals surface area contributed by atoms with Crippen LogP contribution in [-0.4, -0.2) is 28.5 Å². The molecular weight excluding hydrogens is 700 g/mol. The molecule has 0 bridgehead atoms. The summed E-state index contributed by atoms with van der Waals surface area (Å²) in [5.41, 5.74) is -2.38. The van der Waals surface area contributed by atoms with Gasteiger partial charge in [0.15, 0.2) is 11.6 Å². The highest BCUT2D eigenvalue weighted by Gasteiger charge is 2.57. The van der Waals surface area contributed by atoms with Crippen molar-refractivity contribution in [2.75, 3.05) is 4.90 Å². The van der Waals surface area contributed by atoms with Crippen molar-refractivity contribution in [2.45, 2.75) is 31.6 Å². The Hall–Kier alpha value is -4.46. The van der Waals surface area contributed by atoms with Crippen molar-refractivity contribution in [3.05, 3.63) is 98.3 Å². The molecule has 2 heterocycles. The van der Waals surface area contributed by atoms with Crippen molar-refractivity contribution in [1.29, 1.82) is 0 Å². The number of imide groups is 1. The molecule has 0 saturated carbocycles. The van der Waals surface area contributed by atoms with Gasteiger partial charge >= 0.3 is 12.4 Å². The predicted octanol–water partition coefficient (Wildman–Crippen LogP) is 6.75. The van der Waals surface area contributed by atoms with Gasteiger partial charge in [-0.15, -0.1) is 0 Å². The number of aromatic hydroxyl groups is 1. The Morgan fingerprint density at radius 2 is 1.57 bits per heavy atom. The van der Waals surface area contributed by atoms with E-state index in [-0.39, 0.29) is 46.7 Å². The van der Waals surface area contributed by atoms with Crippen LogP contribution in [-0.2, 0) is 38.0 Å². The first kappa shape index (κ1) is 31.2. The van der Waals surface area contributed by atoms with E-state index < -0.39 is 76.2 Å². The van der Waals surface area contributed by atoms with Crippen molar-refractivity contribution in [3.8, 4) is 11.5 Å². The van der Waals surface area contributed by atoms with E-state index >= 15 is 0 Å². The summed E-state index contributed by atoms with van der Waals surface area (Å²) in [5.74, 6) is -6.71. The van der Waals surface area contributed by atoms with Gasteiger partial charge in [-0.2, -0.15) is 26.3 Å². The Kier molecular flexibility index (Phi) is 6.98. The number of halogens is 7. The summed E-state index contributed by atoms with van der Waals surface area (Å²) in [7, 11) is 0. The summed E-state index contributed by atoms with van der Waals surface area (Å²) in [6.07, 6.45) is -6.26. The van der Waals surface area contributed by atoms with E-state index in [1.165, 1.54) is 18.4 Å². The van der Waals surface area contributed by atoms with Crippen LogP contribution in [0.4, 0.5) is 32.0 Å². The fourth-order valence-corrected chi connectivity index (χ4v) is 7.79. The van der Waals surface area contributed by atoms with Gasteiger partial charge in [-0.25, -0.2) is 4.90 Å². The molecular formula is C33H20BrF6NO6. The number of carbonyl (C=O) groups excluding carboxylic acids is 4. The van der Waals surface area contributed by atoms with Crippen LogP contribution in [0.1, 0.15) is 29.5 Å². The molecule has 0 aromatic heterocycles. The van der Waals surface area contributed by atoms with Crippen LogP contribution in [0.3, 0.4) is 0 Å². The van der Waals surface area contributed by atoms with Crippen LogP contribution >= 0.6 is 15.9 Å². The van der Waals surface area contributed by atoms with E-state index in [0.717, 1.165) is 6.08 Å². The number of alkyl halides is 6. The molecule has 47 heavy (non-hydrogen) atoms. The number of amides is 2. The highest BCUT2D eigenvalue weighted by molar-refractivity contribution is 9.12. The standard InChI is InChI=1S/C33H20BrF6NO6/c34-23-11-24(43)28-22(29(23)44)10-21-19(26(28)14-5-13-6-18(42)1-4-25(13)47-12-14)2-3-20-27(21)31(46)41(30(20)45)17-8-15(32(35,36)37)7-16(9-17)33(38,39)40/h1-2,4,6-9,11-12,20-21,26-27,42H,3,5,10H2. The Labute approximate surface area is 270 Å². The molecule has 2 aromatic rings. The molecule has 4 unspecified atom stereocenters. The first-order chi connectivity index (χ1) is 22.0.